The molecule has 0 rings (SSSR count). The molecule has 0 spiro atoms. The minimum atomic E-state index is 0.0126. The van der Waals surface area contributed by atoms with Crippen LogP contribution in [0.3, 0.4) is 0 Å². The molecule has 0 unspecified atom stereocenters. The second-order valence-corrected chi connectivity index (χ2v) is 5.82. The largest absolute Gasteiger partial charge is 0.396 e. The van der Waals surface area contributed by atoms with Gasteiger partial charge in [-0.25, -0.2) is 0 Å². The molecule has 6 N–H and O–H groups in total. The van der Waals surface area contributed by atoms with E-state index in [-0.39, 0.29) is 12.5 Å². The number of carbonyl (C=O) groups is 2. The van der Waals surface area contributed by atoms with Crippen LogP contribution in [0.2, 0.25) is 0 Å². The van der Waals surface area contributed by atoms with Gasteiger partial charge >= 0.3 is 0 Å². The predicted octanol–water partition coefficient (Wildman–Crippen LogP) is 0.247. The second kappa shape index (κ2) is 23.1. The number of nitrogens with two attached hydrogens (primary N) is 1. The maximum absolute atomic E-state index is 11.1. The van der Waals surface area contributed by atoms with E-state index >= 15 is 0 Å². The molecule has 2 amide bonds. The van der Waals surface area contributed by atoms with Gasteiger partial charge in [0.05, 0.1) is 6.61 Å². The van der Waals surface area contributed by atoms with E-state index in [1.807, 2.05) is 13.8 Å². The lowest BCUT2D eigenvalue weighted by molar-refractivity contribution is -0.121. The van der Waals surface area contributed by atoms with Crippen molar-refractivity contribution in [1.82, 2.24) is 10.6 Å². The van der Waals surface area contributed by atoms with Gasteiger partial charge in [0.1, 0.15) is 0 Å². The topological polar surface area (TPSA) is 125 Å². The lowest BCUT2D eigenvalue weighted by Gasteiger charge is -2.06. The number of carbonyl (C=O) groups excluding carboxylic acids is 2. The number of amides is 2. The summed E-state index contributed by atoms with van der Waals surface area (Å²) in [4.78, 5) is 20.4. The van der Waals surface area contributed by atoms with Crippen LogP contribution in [0.5, 0.6) is 0 Å². The van der Waals surface area contributed by atoms with E-state index in [2.05, 4.69) is 24.5 Å². The quantitative estimate of drug-likeness (QED) is 0.289. The number of hydrogen-bond donors (Lipinski definition) is 5. The monoisotopic (exact) mass is 335 g/mol. The Morgan fingerprint density at radius 2 is 1.70 bits per heavy atom. The second-order valence-electron chi connectivity index (χ2n) is 5.82. The highest BCUT2D eigenvalue weighted by molar-refractivity contribution is 5.75. The third-order valence-electron chi connectivity index (χ3n) is 2.27. The van der Waals surface area contributed by atoms with Gasteiger partial charge in [-0.15, -0.1) is 0 Å². The molecule has 0 radical (unpaired) electrons. The summed E-state index contributed by atoms with van der Waals surface area (Å²) in [6, 6.07) is 0. The van der Waals surface area contributed by atoms with E-state index in [0.717, 1.165) is 19.4 Å². The van der Waals surface area contributed by atoms with Crippen LogP contribution in [-0.4, -0.2) is 55.4 Å². The first-order chi connectivity index (χ1) is 10.8. The molecule has 140 valence electrons. The molecule has 7 nitrogen and oxygen atoms in total. The van der Waals surface area contributed by atoms with Gasteiger partial charge in [0.15, 0.2) is 0 Å². The molecule has 0 aromatic heterocycles. The molecule has 0 aliphatic carbocycles. The Labute approximate surface area is 141 Å². The summed E-state index contributed by atoms with van der Waals surface area (Å²) < 4.78 is 0. The normalized spacial score (nSPS) is 9.43. The first-order valence-electron chi connectivity index (χ1n) is 8.21. The first-order valence-corrected chi connectivity index (χ1v) is 8.21. The number of aliphatic hydroxyl groups excluding tert-OH is 2. The van der Waals surface area contributed by atoms with Crippen molar-refractivity contribution in [2.24, 2.45) is 17.6 Å². The average Bonchev–Trinajstić information content (AvgIpc) is 2.52. The van der Waals surface area contributed by atoms with E-state index in [0.29, 0.717) is 44.4 Å². The van der Waals surface area contributed by atoms with Crippen LogP contribution in [0.25, 0.3) is 0 Å². The summed E-state index contributed by atoms with van der Waals surface area (Å²) in [6.45, 7) is 10.2. The summed E-state index contributed by atoms with van der Waals surface area (Å²) in [5.41, 5.74) is 5.31. The van der Waals surface area contributed by atoms with Crippen LogP contribution in [-0.2, 0) is 9.59 Å². The molecule has 0 heterocycles. The number of aliphatic hydroxyl groups is 2. The predicted molar refractivity (Wildman–Crippen MR) is 93.8 cm³/mol. The fourth-order valence-corrected chi connectivity index (χ4v) is 0.960. The fourth-order valence-electron chi connectivity index (χ4n) is 0.960. The summed E-state index contributed by atoms with van der Waals surface area (Å²) >= 11 is 0. The SMILES string of the molecule is CC(C)CNC(=O)CCCCN.CC(C)CO.O=CNCCO. The fraction of sp³-hybridized carbons (Fsp3) is 0.875. The van der Waals surface area contributed by atoms with Gasteiger partial charge in [0.2, 0.25) is 12.3 Å². The Morgan fingerprint density at radius 3 is 2.00 bits per heavy atom. The minimum absolute atomic E-state index is 0.0126. The van der Waals surface area contributed by atoms with E-state index in [1.165, 1.54) is 0 Å². The van der Waals surface area contributed by atoms with Crippen molar-refractivity contribution in [3.8, 4) is 0 Å². The molecule has 0 atom stereocenters. The van der Waals surface area contributed by atoms with Gasteiger partial charge in [-0.3, -0.25) is 9.59 Å². The third-order valence-corrected chi connectivity index (χ3v) is 2.27. The molecular weight excluding hydrogens is 298 g/mol. The molecule has 0 aliphatic heterocycles. The molecule has 0 aromatic carbocycles. The van der Waals surface area contributed by atoms with Gasteiger partial charge in [-0.1, -0.05) is 27.7 Å². The van der Waals surface area contributed by atoms with Crippen LogP contribution in [0.15, 0.2) is 0 Å². The number of hydrogen-bond acceptors (Lipinski definition) is 5. The van der Waals surface area contributed by atoms with Crippen molar-refractivity contribution >= 4 is 12.3 Å². The maximum atomic E-state index is 11.1. The van der Waals surface area contributed by atoms with Crippen molar-refractivity contribution in [2.75, 3.05) is 32.8 Å². The number of nitrogens with one attached hydrogen (secondary N) is 2. The maximum Gasteiger partial charge on any atom is 0.220 e. The zero-order valence-electron chi connectivity index (χ0n) is 15.2. The Bertz CT molecular complexity index is 249. The smallest absolute Gasteiger partial charge is 0.220 e. The zero-order chi connectivity index (χ0) is 18.5. The standard InChI is InChI=1S/C9H20N2O.C4H10O.C3H7NO2/c1-8(2)7-11-9(12)5-3-4-6-10;1-4(2)3-5;5-2-1-4-3-6/h8H,3-7,10H2,1-2H3,(H,11,12);4-5H,3H2,1-2H3;3,5H,1-2H2,(H,4,6). The van der Waals surface area contributed by atoms with E-state index in [4.69, 9.17) is 15.9 Å². The van der Waals surface area contributed by atoms with Crippen LogP contribution >= 0.6 is 0 Å². The number of unbranched alkanes of at least 4 members (excludes halogenated alkanes) is 1. The zero-order valence-corrected chi connectivity index (χ0v) is 15.2. The third kappa shape index (κ3) is 38.6. The van der Waals surface area contributed by atoms with E-state index in [9.17, 15) is 9.59 Å². The minimum Gasteiger partial charge on any atom is -0.396 e. The van der Waals surface area contributed by atoms with Gasteiger partial charge in [0.25, 0.3) is 0 Å². The van der Waals surface area contributed by atoms with Gasteiger partial charge in [0, 0.05) is 26.1 Å². The highest BCUT2D eigenvalue weighted by Crippen LogP contribution is 1.94. The van der Waals surface area contributed by atoms with Gasteiger partial charge in [-0.2, -0.15) is 0 Å². The van der Waals surface area contributed by atoms with Gasteiger partial charge < -0.3 is 26.6 Å². The Hall–Kier alpha value is -1.18. The average molecular weight is 335 g/mol. The van der Waals surface area contributed by atoms with Crippen LogP contribution in [0, 0.1) is 11.8 Å². The summed E-state index contributed by atoms with van der Waals surface area (Å²) in [6.07, 6.45) is 3.01. The summed E-state index contributed by atoms with van der Waals surface area (Å²) in [5.74, 6) is 1.12. The van der Waals surface area contributed by atoms with Gasteiger partial charge in [-0.05, 0) is 31.2 Å². The van der Waals surface area contributed by atoms with E-state index in [1.54, 1.807) is 0 Å². The van der Waals surface area contributed by atoms with Crippen molar-refractivity contribution in [3.05, 3.63) is 0 Å². The lowest BCUT2D eigenvalue weighted by Crippen LogP contribution is -2.27. The molecular formula is C16H37N3O4. The molecule has 0 bridgehead atoms. The van der Waals surface area contributed by atoms with Crippen molar-refractivity contribution in [1.29, 1.82) is 0 Å². The van der Waals surface area contributed by atoms with E-state index < -0.39 is 0 Å². The van der Waals surface area contributed by atoms with Crippen LogP contribution in [0.4, 0.5) is 0 Å². The van der Waals surface area contributed by atoms with Crippen LogP contribution < -0.4 is 16.4 Å². The Morgan fingerprint density at radius 1 is 1.13 bits per heavy atom. The molecule has 0 saturated heterocycles. The van der Waals surface area contributed by atoms with Crippen molar-refractivity contribution < 1.29 is 19.8 Å². The highest BCUT2D eigenvalue weighted by atomic mass is 16.3. The summed E-state index contributed by atoms with van der Waals surface area (Å²) in [5, 5.41) is 21.2. The Kier molecular flexibility index (Phi) is 26.8. The van der Waals surface area contributed by atoms with Crippen molar-refractivity contribution in [2.45, 2.75) is 47.0 Å². The number of rotatable bonds is 10. The summed E-state index contributed by atoms with van der Waals surface area (Å²) in [7, 11) is 0. The van der Waals surface area contributed by atoms with Crippen molar-refractivity contribution in [3.63, 3.8) is 0 Å². The first kappa shape index (κ1) is 26.7. The lowest BCUT2D eigenvalue weighted by atomic mass is 10.2. The molecule has 0 fully saturated rings. The molecule has 23 heavy (non-hydrogen) atoms. The molecule has 0 saturated carbocycles. The molecule has 0 aromatic rings. The highest BCUT2D eigenvalue weighted by Gasteiger charge is 2.00. The molecule has 0 aliphatic rings. The Balaban J connectivity index is -0.000000303. The molecule has 7 heteroatoms. The van der Waals surface area contributed by atoms with Crippen LogP contribution in [0.1, 0.15) is 47.0 Å².